The Balaban J connectivity index is 1.28. The van der Waals surface area contributed by atoms with Gasteiger partial charge in [0, 0.05) is 24.7 Å². The van der Waals surface area contributed by atoms with E-state index >= 15 is 0 Å². The molecular weight excluding hydrogens is 412 g/mol. The molecule has 10 heteroatoms. The van der Waals surface area contributed by atoms with Crippen LogP contribution in [0.2, 0.25) is 0 Å². The standard InChI is InChI=1S/C22H22N6O4/c1-22(2)31-17-16(10-29-12-3-4-14-15(9-12)25-7-6-24-14)30-21(18(17)32-22)28-8-5-13-19(23)26-11-27-20(13)28/h3-9,11,16-18,21H,10H2,1-2H3,(H2,23,26,27)/t16?,17-,18-,21-/m1/s1. The predicted octanol–water partition coefficient (Wildman–Crippen LogP) is 2.45. The van der Waals surface area contributed by atoms with Gasteiger partial charge in [-0.25, -0.2) is 9.97 Å². The predicted molar refractivity (Wildman–Crippen MR) is 115 cm³/mol. The van der Waals surface area contributed by atoms with Crippen LogP contribution in [0.15, 0.2) is 49.2 Å². The number of hydrogen-bond donors (Lipinski definition) is 1. The summed E-state index contributed by atoms with van der Waals surface area (Å²) in [5, 5.41) is 0.766. The molecule has 2 saturated heterocycles. The molecule has 10 nitrogen and oxygen atoms in total. The van der Waals surface area contributed by atoms with Crippen LogP contribution in [0.4, 0.5) is 5.82 Å². The first-order valence-corrected chi connectivity index (χ1v) is 10.4. The van der Waals surface area contributed by atoms with Gasteiger partial charge < -0.3 is 29.2 Å². The van der Waals surface area contributed by atoms with E-state index in [9.17, 15) is 0 Å². The molecule has 0 saturated carbocycles. The molecule has 4 atom stereocenters. The third kappa shape index (κ3) is 3.15. The first-order valence-electron chi connectivity index (χ1n) is 10.4. The molecule has 2 aliphatic heterocycles. The van der Waals surface area contributed by atoms with Crippen LogP contribution in [0.1, 0.15) is 20.1 Å². The highest BCUT2D eigenvalue weighted by molar-refractivity contribution is 5.86. The van der Waals surface area contributed by atoms with Gasteiger partial charge in [0.2, 0.25) is 0 Å². The molecule has 2 aliphatic rings. The minimum Gasteiger partial charge on any atom is -0.491 e. The van der Waals surface area contributed by atoms with Crippen molar-refractivity contribution in [2.75, 3.05) is 12.3 Å². The number of nitrogen functional groups attached to an aromatic ring is 1. The van der Waals surface area contributed by atoms with Crippen molar-refractivity contribution in [1.29, 1.82) is 0 Å². The normalized spacial score (nSPS) is 26.6. The molecule has 0 radical (unpaired) electrons. The highest BCUT2D eigenvalue weighted by atomic mass is 16.8. The Morgan fingerprint density at radius 2 is 1.84 bits per heavy atom. The van der Waals surface area contributed by atoms with Crippen LogP contribution in [0.25, 0.3) is 22.1 Å². The van der Waals surface area contributed by atoms with Gasteiger partial charge in [-0.15, -0.1) is 0 Å². The van der Waals surface area contributed by atoms with Gasteiger partial charge in [0.25, 0.3) is 0 Å². The summed E-state index contributed by atoms with van der Waals surface area (Å²) in [6, 6.07) is 7.49. The molecule has 0 aliphatic carbocycles. The van der Waals surface area contributed by atoms with E-state index in [1.54, 1.807) is 12.4 Å². The van der Waals surface area contributed by atoms with Gasteiger partial charge >= 0.3 is 0 Å². The van der Waals surface area contributed by atoms with E-state index in [2.05, 4.69) is 19.9 Å². The molecule has 0 bridgehead atoms. The van der Waals surface area contributed by atoms with Gasteiger partial charge in [-0.3, -0.25) is 9.97 Å². The monoisotopic (exact) mass is 434 g/mol. The lowest BCUT2D eigenvalue weighted by Crippen LogP contribution is -2.33. The Morgan fingerprint density at radius 1 is 1.03 bits per heavy atom. The van der Waals surface area contributed by atoms with E-state index in [4.69, 9.17) is 24.7 Å². The number of benzene rings is 1. The summed E-state index contributed by atoms with van der Waals surface area (Å²) in [5.74, 6) is 0.378. The van der Waals surface area contributed by atoms with Crippen LogP contribution in [0.5, 0.6) is 5.75 Å². The molecule has 4 aromatic rings. The highest BCUT2D eigenvalue weighted by Crippen LogP contribution is 2.44. The van der Waals surface area contributed by atoms with Gasteiger partial charge in [0.1, 0.15) is 48.5 Å². The molecule has 1 unspecified atom stereocenters. The summed E-state index contributed by atoms with van der Waals surface area (Å²) in [5.41, 5.74) is 8.27. The number of ether oxygens (including phenoxy) is 4. The molecule has 1 aromatic carbocycles. The van der Waals surface area contributed by atoms with Crippen LogP contribution < -0.4 is 10.5 Å². The molecule has 2 fully saturated rings. The van der Waals surface area contributed by atoms with E-state index in [-0.39, 0.29) is 18.3 Å². The Morgan fingerprint density at radius 3 is 2.72 bits per heavy atom. The molecular formula is C22H22N6O4. The van der Waals surface area contributed by atoms with Crippen LogP contribution in [-0.4, -0.2) is 55.2 Å². The second kappa shape index (κ2) is 7.09. The topological polar surface area (TPSA) is 119 Å². The van der Waals surface area contributed by atoms with Crippen LogP contribution in [0.3, 0.4) is 0 Å². The summed E-state index contributed by atoms with van der Waals surface area (Å²) in [6.45, 7) is 4.09. The Kier molecular flexibility index (Phi) is 4.29. The van der Waals surface area contributed by atoms with Crippen molar-refractivity contribution >= 4 is 27.9 Å². The third-order valence-electron chi connectivity index (χ3n) is 5.79. The maximum atomic E-state index is 6.38. The van der Waals surface area contributed by atoms with Gasteiger partial charge in [-0.05, 0) is 32.0 Å². The maximum absolute atomic E-state index is 6.38. The van der Waals surface area contributed by atoms with Crippen LogP contribution in [-0.2, 0) is 14.2 Å². The van der Waals surface area contributed by atoms with Crippen molar-refractivity contribution in [3.05, 3.63) is 49.2 Å². The zero-order valence-electron chi connectivity index (χ0n) is 17.6. The summed E-state index contributed by atoms with van der Waals surface area (Å²) < 4.78 is 26.8. The molecule has 32 heavy (non-hydrogen) atoms. The molecule has 2 N–H and O–H groups in total. The molecule has 5 heterocycles. The number of hydrogen-bond acceptors (Lipinski definition) is 9. The average molecular weight is 434 g/mol. The van der Waals surface area contributed by atoms with Crippen molar-refractivity contribution < 1.29 is 18.9 Å². The summed E-state index contributed by atoms with van der Waals surface area (Å²) >= 11 is 0. The second-order valence-corrected chi connectivity index (χ2v) is 8.37. The Hall–Kier alpha value is -3.34. The van der Waals surface area contributed by atoms with Crippen molar-refractivity contribution in [2.45, 2.75) is 44.2 Å². The van der Waals surface area contributed by atoms with E-state index in [1.165, 1.54) is 6.33 Å². The van der Waals surface area contributed by atoms with E-state index in [0.717, 1.165) is 16.4 Å². The molecule has 0 spiro atoms. The van der Waals surface area contributed by atoms with Gasteiger partial charge in [-0.2, -0.15) is 0 Å². The van der Waals surface area contributed by atoms with Gasteiger partial charge in [-0.1, -0.05) is 0 Å². The second-order valence-electron chi connectivity index (χ2n) is 8.37. The van der Waals surface area contributed by atoms with E-state index in [0.29, 0.717) is 23.8 Å². The van der Waals surface area contributed by atoms with Crippen molar-refractivity contribution in [1.82, 2.24) is 24.5 Å². The average Bonchev–Trinajstić information content (AvgIpc) is 3.44. The molecule has 6 rings (SSSR count). The fourth-order valence-electron chi connectivity index (χ4n) is 4.42. The first kappa shape index (κ1) is 19.4. The lowest BCUT2D eigenvalue weighted by molar-refractivity contribution is -0.198. The quantitative estimate of drug-likeness (QED) is 0.516. The molecule has 164 valence electrons. The Bertz CT molecular complexity index is 1310. The number of aromatic nitrogens is 5. The maximum Gasteiger partial charge on any atom is 0.164 e. The lowest BCUT2D eigenvalue weighted by Gasteiger charge is -2.25. The van der Waals surface area contributed by atoms with Crippen molar-refractivity contribution in [2.24, 2.45) is 0 Å². The van der Waals surface area contributed by atoms with Gasteiger partial charge in [0.05, 0.1) is 16.4 Å². The fraction of sp³-hybridized carbons (Fsp3) is 0.364. The van der Waals surface area contributed by atoms with Crippen molar-refractivity contribution in [3.8, 4) is 5.75 Å². The minimum absolute atomic E-state index is 0.291. The SMILES string of the molecule is CC1(C)O[C@@H]2[C@H](O1)C(COc1ccc3nccnc3c1)O[C@H]2n1ccc2c(N)ncnc21. The number of fused-ring (bicyclic) bond motifs is 3. The summed E-state index contributed by atoms with van der Waals surface area (Å²) in [7, 11) is 0. The number of anilines is 1. The summed E-state index contributed by atoms with van der Waals surface area (Å²) in [6.07, 6.45) is 5.24. The Labute approximate surface area is 183 Å². The highest BCUT2D eigenvalue weighted by Gasteiger charge is 2.56. The molecule has 3 aromatic heterocycles. The molecule has 0 amide bonds. The first-order chi connectivity index (χ1) is 15.5. The number of nitrogens with zero attached hydrogens (tertiary/aromatic N) is 5. The minimum atomic E-state index is -0.731. The van der Waals surface area contributed by atoms with Crippen molar-refractivity contribution in [3.63, 3.8) is 0 Å². The number of nitrogens with two attached hydrogens (primary N) is 1. The van der Waals surface area contributed by atoms with Crippen LogP contribution >= 0.6 is 0 Å². The smallest absolute Gasteiger partial charge is 0.164 e. The van der Waals surface area contributed by atoms with Gasteiger partial charge in [0.15, 0.2) is 12.0 Å². The fourth-order valence-corrected chi connectivity index (χ4v) is 4.42. The van der Waals surface area contributed by atoms with Crippen LogP contribution in [0, 0.1) is 0 Å². The zero-order chi connectivity index (χ0) is 21.9. The largest absolute Gasteiger partial charge is 0.491 e. The zero-order valence-corrected chi connectivity index (χ0v) is 17.6. The summed E-state index contributed by atoms with van der Waals surface area (Å²) in [4.78, 5) is 17.1. The lowest BCUT2D eigenvalue weighted by atomic mass is 10.1. The van der Waals surface area contributed by atoms with E-state index < -0.39 is 12.0 Å². The number of rotatable bonds is 4. The third-order valence-corrected chi connectivity index (χ3v) is 5.79. The van der Waals surface area contributed by atoms with E-state index in [1.807, 2.05) is 48.9 Å².